The van der Waals surface area contributed by atoms with Gasteiger partial charge in [-0.05, 0) is 27.2 Å². The predicted molar refractivity (Wildman–Crippen MR) is 78.2 cm³/mol. The Morgan fingerprint density at radius 2 is 2.15 bits per heavy atom. The number of anilines is 1. The predicted octanol–water partition coefficient (Wildman–Crippen LogP) is 3.18. The molecule has 2 aromatic heterocycles. The fourth-order valence-electron chi connectivity index (χ4n) is 1.62. The maximum absolute atomic E-state index is 5.79. The molecule has 0 aliphatic carbocycles. The van der Waals surface area contributed by atoms with E-state index in [4.69, 9.17) is 4.74 Å². The standard InChI is InChI=1S/C14H21N5O/c1-5-6-15-14-16-7-11(4)13(18-14)20-12-8-17-19(9-12)10(2)3/h7-10H,5-6H2,1-4H3,(H,15,16,18). The van der Waals surface area contributed by atoms with Gasteiger partial charge in [-0.15, -0.1) is 0 Å². The first kappa shape index (κ1) is 14.3. The molecule has 0 radical (unpaired) electrons. The lowest BCUT2D eigenvalue weighted by atomic mass is 10.4. The first-order valence-corrected chi connectivity index (χ1v) is 6.89. The van der Waals surface area contributed by atoms with E-state index >= 15 is 0 Å². The van der Waals surface area contributed by atoms with Crippen molar-refractivity contribution >= 4 is 5.95 Å². The van der Waals surface area contributed by atoms with Crippen LogP contribution in [0, 0.1) is 6.92 Å². The van der Waals surface area contributed by atoms with Gasteiger partial charge in [-0.25, -0.2) is 4.98 Å². The summed E-state index contributed by atoms with van der Waals surface area (Å²) in [6.45, 7) is 9.00. The summed E-state index contributed by atoms with van der Waals surface area (Å²) >= 11 is 0. The Bertz CT molecular complexity index is 564. The number of nitrogens with zero attached hydrogens (tertiary/aromatic N) is 4. The Morgan fingerprint density at radius 3 is 2.80 bits per heavy atom. The minimum absolute atomic E-state index is 0.306. The van der Waals surface area contributed by atoms with Crippen molar-refractivity contribution in [2.75, 3.05) is 11.9 Å². The second-order valence-electron chi connectivity index (χ2n) is 4.96. The van der Waals surface area contributed by atoms with Crippen molar-refractivity contribution in [1.82, 2.24) is 19.7 Å². The summed E-state index contributed by atoms with van der Waals surface area (Å²) in [5, 5.41) is 7.39. The first-order valence-electron chi connectivity index (χ1n) is 6.89. The van der Waals surface area contributed by atoms with Crippen LogP contribution in [0.1, 0.15) is 38.8 Å². The average Bonchev–Trinajstić information content (AvgIpc) is 2.88. The molecule has 0 saturated carbocycles. The molecule has 0 aliphatic heterocycles. The Balaban J connectivity index is 2.14. The van der Waals surface area contributed by atoms with E-state index in [1.807, 2.05) is 17.8 Å². The van der Waals surface area contributed by atoms with Crippen LogP contribution in [-0.2, 0) is 0 Å². The number of hydrogen-bond acceptors (Lipinski definition) is 5. The summed E-state index contributed by atoms with van der Waals surface area (Å²) in [7, 11) is 0. The van der Waals surface area contributed by atoms with Crippen LogP contribution in [-0.4, -0.2) is 26.3 Å². The summed E-state index contributed by atoms with van der Waals surface area (Å²) in [5.74, 6) is 1.83. The SMILES string of the molecule is CCCNc1ncc(C)c(Oc2cnn(C(C)C)c2)n1. The van der Waals surface area contributed by atoms with E-state index in [2.05, 4.69) is 41.2 Å². The van der Waals surface area contributed by atoms with Crippen molar-refractivity contribution < 1.29 is 4.74 Å². The quantitative estimate of drug-likeness (QED) is 0.877. The molecule has 108 valence electrons. The molecule has 20 heavy (non-hydrogen) atoms. The van der Waals surface area contributed by atoms with Crippen LogP contribution in [0.5, 0.6) is 11.6 Å². The van der Waals surface area contributed by atoms with E-state index in [1.165, 1.54) is 0 Å². The Hall–Kier alpha value is -2.11. The van der Waals surface area contributed by atoms with Crippen molar-refractivity contribution in [3.05, 3.63) is 24.2 Å². The van der Waals surface area contributed by atoms with Gasteiger partial charge in [0.05, 0.1) is 12.4 Å². The summed E-state index contributed by atoms with van der Waals surface area (Å²) in [6.07, 6.45) is 6.34. The third-order valence-electron chi connectivity index (χ3n) is 2.78. The highest BCUT2D eigenvalue weighted by Crippen LogP contribution is 2.23. The zero-order valence-corrected chi connectivity index (χ0v) is 12.4. The maximum Gasteiger partial charge on any atom is 0.227 e. The molecule has 0 bridgehead atoms. The van der Waals surface area contributed by atoms with Crippen molar-refractivity contribution in [2.45, 2.75) is 40.2 Å². The molecule has 0 aromatic carbocycles. The van der Waals surface area contributed by atoms with E-state index in [0.717, 1.165) is 18.5 Å². The van der Waals surface area contributed by atoms with Gasteiger partial charge in [0, 0.05) is 24.3 Å². The first-order chi connectivity index (χ1) is 9.60. The number of aryl methyl sites for hydroxylation is 1. The fraction of sp³-hybridized carbons (Fsp3) is 0.500. The third kappa shape index (κ3) is 3.46. The van der Waals surface area contributed by atoms with Crippen LogP contribution in [0.3, 0.4) is 0 Å². The molecular formula is C14H21N5O. The van der Waals surface area contributed by atoms with Gasteiger partial charge in [0.15, 0.2) is 5.75 Å². The van der Waals surface area contributed by atoms with Gasteiger partial charge in [-0.2, -0.15) is 10.1 Å². The molecule has 0 aliphatic rings. The van der Waals surface area contributed by atoms with E-state index in [1.54, 1.807) is 12.4 Å². The van der Waals surface area contributed by atoms with Gasteiger partial charge >= 0.3 is 0 Å². The summed E-state index contributed by atoms with van der Waals surface area (Å²) in [5.41, 5.74) is 0.893. The summed E-state index contributed by atoms with van der Waals surface area (Å²) in [4.78, 5) is 8.61. The normalized spacial score (nSPS) is 10.8. The smallest absolute Gasteiger partial charge is 0.227 e. The second kappa shape index (κ2) is 6.36. The number of nitrogens with one attached hydrogen (secondary N) is 1. The van der Waals surface area contributed by atoms with E-state index < -0.39 is 0 Å². The maximum atomic E-state index is 5.79. The highest BCUT2D eigenvalue weighted by Gasteiger charge is 2.08. The van der Waals surface area contributed by atoms with Crippen molar-refractivity contribution in [3.8, 4) is 11.6 Å². The minimum Gasteiger partial charge on any atom is -0.435 e. The molecule has 0 saturated heterocycles. The van der Waals surface area contributed by atoms with E-state index in [0.29, 0.717) is 23.6 Å². The van der Waals surface area contributed by atoms with Crippen molar-refractivity contribution in [1.29, 1.82) is 0 Å². The van der Waals surface area contributed by atoms with Crippen LogP contribution < -0.4 is 10.1 Å². The van der Waals surface area contributed by atoms with Crippen molar-refractivity contribution in [2.24, 2.45) is 0 Å². The largest absolute Gasteiger partial charge is 0.435 e. The fourth-order valence-corrected chi connectivity index (χ4v) is 1.62. The molecule has 0 fully saturated rings. The molecule has 2 aromatic rings. The van der Waals surface area contributed by atoms with Gasteiger partial charge in [0.25, 0.3) is 0 Å². The lowest BCUT2D eigenvalue weighted by Gasteiger charge is -2.08. The van der Waals surface area contributed by atoms with Gasteiger partial charge in [0.2, 0.25) is 11.8 Å². The molecule has 0 spiro atoms. The molecule has 0 amide bonds. The molecule has 1 N–H and O–H groups in total. The van der Waals surface area contributed by atoms with Crippen LogP contribution in [0.2, 0.25) is 0 Å². The molecule has 6 nitrogen and oxygen atoms in total. The molecule has 6 heteroatoms. The topological polar surface area (TPSA) is 64.9 Å². The Kier molecular flexibility index (Phi) is 4.55. The van der Waals surface area contributed by atoms with Crippen LogP contribution >= 0.6 is 0 Å². The number of rotatable bonds is 6. The zero-order chi connectivity index (χ0) is 14.5. The highest BCUT2D eigenvalue weighted by molar-refractivity contribution is 5.34. The van der Waals surface area contributed by atoms with Gasteiger partial charge in [0.1, 0.15) is 0 Å². The minimum atomic E-state index is 0.306. The molecule has 0 atom stereocenters. The van der Waals surface area contributed by atoms with E-state index in [9.17, 15) is 0 Å². The molecular weight excluding hydrogens is 254 g/mol. The second-order valence-corrected chi connectivity index (χ2v) is 4.96. The average molecular weight is 275 g/mol. The number of ether oxygens (including phenoxy) is 1. The monoisotopic (exact) mass is 275 g/mol. The molecule has 2 heterocycles. The lowest BCUT2D eigenvalue weighted by molar-refractivity contribution is 0.454. The molecule has 0 unspecified atom stereocenters. The number of aromatic nitrogens is 4. The zero-order valence-electron chi connectivity index (χ0n) is 12.4. The van der Waals surface area contributed by atoms with Gasteiger partial charge in [-0.3, -0.25) is 4.68 Å². The van der Waals surface area contributed by atoms with Gasteiger partial charge in [-0.1, -0.05) is 6.92 Å². The Labute approximate surface area is 119 Å². The van der Waals surface area contributed by atoms with Crippen molar-refractivity contribution in [3.63, 3.8) is 0 Å². The highest BCUT2D eigenvalue weighted by atomic mass is 16.5. The number of hydrogen-bond donors (Lipinski definition) is 1. The molecule has 2 rings (SSSR count). The van der Waals surface area contributed by atoms with Crippen LogP contribution in [0.15, 0.2) is 18.6 Å². The third-order valence-corrected chi connectivity index (χ3v) is 2.78. The van der Waals surface area contributed by atoms with Crippen LogP contribution in [0.4, 0.5) is 5.95 Å². The summed E-state index contributed by atoms with van der Waals surface area (Å²) in [6, 6.07) is 0.306. The van der Waals surface area contributed by atoms with E-state index in [-0.39, 0.29) is 0 Å². The lowest BCUT2D eigenvalue weighted by Crippen LogP contribution is -2.05. The Morgan fingerprint density at radius 1 is 1.35 bits per heavy atom. The van der Waals surface area contributed by atoms with Gasteiger partial charge < -0.3 is 10.1 Å². The van der Waals surface area contributed by atoms with Crippen LogP contribution in [0.25, 0.3) is 0 Å². The summed E-state index contributed by atoms with van der Waals surface area (Å²) < 4.78 is 7.64.